The smallest absolute Gasteiger partial charge is 0.353 e. The van der Waals surface area contributed by atoms with Gasteiger partial charge in [0, 0.05) is 39.3 Å². The van der Waals surface area contributed by atoms with Crippen molar-refractivity contribution in [2.75, 3.05) is 36.4 Å². The number of amides is 2. The number of pyridine rings is 1. The molecule has 11 heteroatoms. The van der Waals surface area contributed by atoms with Gasteiger partial charge in [-0.3, -0.25) is 14.3 Å². The zero-order valence-corrected chi connectivity index (χ0v) is 15.6. The van der Waals surface area contributed by atoms with E-state index >= 15 is 0 Å². The summed E-state index contributed by atoms with van der Waals surface area (Å²) in [5, 5.41) is 5.83. The number of aromatic nitrogens is 3. The largest absolute Gasteiger partial charge is 0.435 e. The fourth-order valence-corrected chi connectivity index (χ4v) is 2.95. The van der Waals surface area contributed by atoms with Crippen LogP contribution in [0.1, 0.15) is 16.2 Å². The van der Waals surface area contributed by atoms with Crippen molar-refractivity contribution in [3.05, 3.63) is 48.4 Å². The van der Waals surface area contributed by atoms with Crippen molar-refractivity contribution in [1.82, 2.24) is 19.7 Å². The Morgan fingerprint density at radius 2 is 1.90 bits per heavy atom. The number of hydrogen-bond donors (Lipinski definition) is 1. The zero-order chi connectivity index (χ0) is 21.2. The van der Waals surface area contributed by atoms with Crippen LogP contribution in [0.2, 0.25) is 0 Å². The number of nitrogens with one attached hydrogen (secondary N) is 1. The molecule has 0 spiro atoms. The van der Waals surface area contributed by atoms with Gasteiger partial charge in [0.1, 0.15) is 11.5 Å². The minimum Gasteiger partial charge on any atom is -0.353 e. The second-order valence-corrected chi connectivity index (χ2v) is 6.41. The molecule has 0 bridgehead atoms. The van der Waals surface area contributed by atoms with Crippen LogP contribution in [0.25, 0.3) is 0 Å². The Hall–Kier alpha value is -3.37. The maximum Gasteiger partial charge on any atom is 0.435 e. The summed E-state index contributed by atoms with van der Waals surface area (Å²) in [4.78, 5) is 31.9. The molecular formula is C18H19F3N6O2. The Labute approximate surface area is 164 Å². The molecule has 0 aromatic carbocycles. The number of rotatable bonds is 4. The molecule has 1 aliphatic rings. The highest BCUT2D eigenvalue weighted by molar-refractivity contribution is 6.03. The van der Waals surface area contributed by atoms with Gasteiger partial charge in [-0.15, -0.1) is 0 Å². The van der Waals surface area contributed by atoms with Crippen molar-refractivity contribution in [3.63, 3.8) is 0 Å². The summed E-state index contributed by atoms with van der Waals surface area (Å²) < 4.78 is 39.1. The molecule has 0 aliphatic carbocycles. The molecule has 3 rings (SSSR count). The topological polar surface area (TPSA) is 83.4 Å². The van der Waals surface area contributed by atoms with E-state index in [0.29, 0.717) is 43.8 Å². The molecule has 3 heterocycles. The Kier molecular flexibility index (Phi) is 5.57. The number of piperazine rings is 1. The van der Waals surface area contributed by atoms with E-state index in [9.17, 15) is 22.8 Å². The van der Waals surface area contributed by atoms with Gasteiger partial charge in [0.05, 0.1) is 11.9 Å². The lowest BCUT2D eigenvalue weighted by molar-refractivity contribution is -0.141. The first kappa shape index (κ1) is 20.4. The van der Waals surface area contributed by atoms with Gasteiger partial charge in [0.2, 0.25) is 5.91 Å². The van der Waals surface area contributed by atoms with Crippen molar-refractivity contribution in [3.8, 4) is 0 Å². The second-order valence-electron chi connectivity index (χ2n) is 6.41. The summed E-state index contributed by atoms with van der Waals surface area (Å²) in [6.07, 6.45) is -1.92. The fraction of sp³-hybridized carbons (Fsp3) is 0.333. The van der Waals surface area contributed by atoms with E-state index in [0.717, 1.165) is 4.68 Å². The third kappa shape index (κ3) is 4.55. The van der Waals surface area contributed by atoms with Crippen LogP contribution in [0, 0.1) is 0 Å². The van der Waals surface area contributed by atoms with Crippen molar-refractivity contribution >= 4 is 23.3 Å². The summed E-state index contributed by atoms with van der Waals surface area (Å²) >= 11 is 0. The molecule has 2 amide bonds. The van der Waals surface area contributed by atoms with E-state index in [1.54, 1.807) is 17.0 Å². The van der Waals surface area contributed by atoms with E-state index in [2.05, 4.69) is 22.0 Å². The second kappa shape index (κ2) is 7.94. The third-order valence-electron chi connectivity index (χ3n) is 4.50. The van der Waals surface area contributed by atoms with E-state index < -0.39 is 17.8 Å². The molecule has 29 heavy (non-hydrogen) atoms. The van der Waals surface area contributed by atoms with Crippen molar-refractivity contribution in [2.24, 2.45) is 7.05 Å². The monoisotopic (exact) mass is 408 g/mol. The predicted molar refractivity (Wildman–Crippen MR) is 99.4 cm³/mol. The molecule has 154 valence electrons. The molecule has 0 radical (unpaired) electrons. The maximum atomic E-state index is 12.7. The Bertz CT molecular complexity index is 915. The van der Waals surface area contributed by atoms with Crippen LogP contribution in [-0.2, 0) is 18.0 Å². The molecule has 8 nitrogen and oxygen atoms in total. The molecular weight excluding hydrogens is 389 g/mol. The molecule has 0 unspecified atom stereocenters. The number of anilines is 2. The van der Waals surface area contributed by atoms with Crippen molar-refractivity contribution in [1.29, 1.82) is 0 Å². The molecule has 1 N–H and O–H groups in total. The third-order valence-corrected chi connectivity index (χ3v) is 4.50. The maximum absolute atomic E-state index is 12.7. The van der Waals surface area contributed by atoms with Crippen LogP contribution in [-0.4, -0.2) is 57.7 Å². The lowest BCUT2D eigenvalue weighted by Gasteiger charge is -2.34. The highest BCUT2D eigenvalue weighted by atomic mass is 19.4. The van der Waals surface area contributed by atoms with E-state index in [-0.39, 0.29) is 11.6 Å². The van der Waals surface area contributed by atoms with E-state index in [1.807, 2.05) is 4.90 Å². The van der Waals surface area contributed by atoms with Crippen LogP contribution in [0.5, 0.6) is 0 Å². The van der Waals surface area contributed by atoms with Crippen LogP contribution in [0.4, 0.5) is 24.7 Å². The molecule has 0 saturated carbocycles. The average molecular weight is 408 g/mol. The number of carbonyl (C=O) groups is 2. The average Bonchev–Trinajstić information content (AvgIpc) is 3.10. The molecule has 0 atom stereocenters. The molecule has 1 saturated heterocycles. The standard InChI is InChI=1S/C18H19F3N6O2/c1-3-16(28)27-8-6-26(7-9-27)15-5-4-12(11-22-15)23-17(29)13-10-14(18(19,20)21)24-25(13)2/h3-5,10-11H,1,6-9H2,2H3,(H,23,29). The first-order valence-electron chi connectivity index (χ1n) is 8.74. The van der Waals surface area contributed by atoms with Gasteiger partial charge in [-0.2, -0.15) is 18.3 Å². The normalized spacial score (nSPS) is 14.6. The van der Waals surface area contributed by atoms with Gasteiger partial charge < -0.3 is 15.1 Å². The summed E-state index contributed by atoms with van der Waals surface area (Å²) in [5.41, 5.74) is -1.01. The van der Waals surface area contributed by atoms with Gasteiger partial charge in [0.15, 0.2) is 5.69 Å². The van der Waals surface area contributed by atoms with Crippen LogP contribution >= 0.6 is 0 Å². The summed E-state index contributed by atoms with van der Waals surface area (Å²) in [6, 6.07) is 4.01. The molecule has 1 fully saturated rings. The summed E-state index contributed by atoms with van der Waals surface area (Å²) in [7, 11) is 1.27. The van der Waals surface area contributed by atoms with Crippen LogP contribution in [0.15, 0.2) is 37.1 Å². The minimum absolute atomic E-state index is 0.112. The molecule has 1 aliphatic heterocycles. The summed E-state index contributed by atoms with van der Waals surface area (Å²) in [5.74, 6) is -0.158. The number of alkyl halides is 3. The number of aryl methyl sites for hydroxylation is 1. The van der Waals surface area contributed by atoms with Gasteiger partial charge in [-0.05, 0) is 18.2 Å². The van der Waals surface area contributed by atoms with Crippen LogP contribution < -0.4 is 10.2 Å². The highest BCUT2D eigenvalue weighted by Crippen LogP contribution is 2.28. The predicted octanol–water partition coefficient (Wildman–Crippen LogP) is 1.92. The van der Waals surface area contributed by atoms with Crippen molar-refractivity contribution in [2.45, 2.75) is 6.18 Å². The van der Waals surface area contributed by atoms with Crippen LogP contribution in [0.3, 0.4) is 0 Å². The molecule has 2 aromatic heterocycles. The van der Waals surface area contributed by atoms with E-state index in [1.165, 1.54) is 19.3 Å². The Balaban J connectivity index is 1.63. The summed E-state index contributed by atoms with van der Waals surface area (Å²) in [6.45, 7) is 5.78. The van der Waals surface area contributed by atoms with Crippen molar-refractivity contribution < 1.29 is 22.8 Å². The molecule has 2 aromatic rings. The number of nitrogens with zero attached hydrogens (tertiary/aromatic N) is 5. The minimum atomic E-state index is -4.63. The van der Waals surface area contributed by atoms with E-state index in [4.69, 9.17) is 0 Å². The van der Waals surface area contributed by atoms with Gasteiger partial charge in [-0.25, -0.2) is 4.98 Å². The SMILES string of the molecule is C=CC(=O)N1CCN(c2ccc(NC(=O)c3cc(C(F)(F)F)nn3C)cn2)CC1. The number of halogens is 3. The lowest BCUT2D eigenvalue weighted by Crippen LogP contribution is -2.48. The first-order chi connectivity index (χ1) is 13.7. The van der Waals surface area contributed by atoms with Gasteiger partial charge in [-0.1, -0.05) is 6.58 Å². The zero-order valence-electron chi connectivity index (χ0n) is 15.6. The first-order valence-corrected chi connectivity index (χ1v) is 8.74. The van der Waals surface area contributed by atoms with Gasteiger partial charge in [0.25, 0.3) is 5.91 Å². The lowest BCUT2D eigenvalue weighted by atomic mass is 10.3. The number of hydrogen-bond acceptors (Lipinski definition) is 5. The highest BCUT2D eigenvalue weighted by Gasteiger charge is 2.35. The van der Waals surface area contributed by atoms with Gasteiger partial charge >= 0.3 is 6.18 Å². The Morgan fingerprint density at radius 3 is 2.41 bits per heavy atom. The Morgan fingerprint density at radius 1 is 1.21 bits per heavy atom. The number of carbonyl (C=O) groups excluding carboxylic acids is 2. The quantitative estimate of drug-likeness (QED) is 0.782. The fourth-order valence-electron chi connectivity index (χ4n) is 2.95.